The molecule has 0 atom stereocenters. The van der Waals surface area contributed by atoms with E-state index < -0.39 is 0 Å². The van der Waals surface area contributed by atoms with Crippen LogP contribution >= 0.6 is 27.7 Å². The number of methoxy groups -OCH3 is 1. The fourth-order valence-electron chi connectivity index (χ4n) is 2.94. The maximum absolute atomic E-state index is 12.4. The molecule has 3 aromatic rings. The number of halogens is 1. The molecule has 2 aromatic carbocycles. The predicted molar refractivity (Wildman–Crippen MR) is 126 cm³/mol. The van der Waals surface area contributed by atoms with Gasteiger partial charge in [-0.15, -0.1) is 10.2 Å². The van der Waals surface area contributed by atoms with Crippen LogP contribution in [0.5, 0.6) is 11.5 Å². The first-order valence-electron chi connectivity index (χ1n) is 9.79. The van der Waals surface area contributed by atoms with Crippen molar-refractivity contribution in [3.8, 4) is 11.5 Å². The molecule has 31 heavy (non-hydrogen) atoms. The van der Waals surface area contributed by atoms with Crippen LogP contribution in [-0.2, 0) is 17.9 Å². The average molecular weight is 505 g/mol. The molecule has 0 aliphatic rings. The molecule has 0 saturated heterocycles. The van der Waals surface area contributed by atoms with Gasteiger partial charge in [0.15, 0.2) is 22.5 Å². The van der Waals surface area contributed by atoms with E-state index in [1.54, 1.807) is 7.11 Å². The Morgan fingerprint density at radius 2 is 1.97 bits per heavy atom. The number of hydrogen-bond acceptors (Lipinski definition) is 6. The Labute approximate surface area is 194 Å². The summed E-state index contributed by atoms with van der Waals surface area (Å²) in [5.41, 5.74) is 2.92. The summed E-state index contributed by atoms with van der Waals surface area (Å²) < 4.78 is 14.2. The molecule has 1 aromatic heterocycles. The number of benzene rings is 2. The fourth-order valence-corrected chi connectivity index (χ4v) is 4.00. The number of rotatable bonds is 9. The van der Waals surface area contributed by atoms with Crippen molar-refractivity contribution in [2.75, 3.05) is 18.2 Å². The number of aryl methyl sites for hydroxylation is 2. The molecule has 1 N–H and O–H groups in total. The highest BCUT2D eigenvalue weighted by Crippen LogP contribution is 2.29. The molecule has 164 valence electrons. The topological polar surface area (TPSA) is 78.3 Å². The molecule has 9 heteroatoms. The van der Waals surface area contributed by atoms with Gasteiger partial charge in [-0.25, -0.2) is 0 Å². The van der Waals surface area contributed by atoms with Crippen molar-refractivity contribution in [2.45, 2.75) is 39.1 Å². The third kappa shape index (κ3) is 6.01. The Bertz CT molecular complexity index is 1070. The van der Waals surface area contributed by atoms with E-state index >= 15 is 0 Å². The number of carbonyl (C=O) groups excluding carboxylic acids is 1. The van der Waals surface area contributed by atoms with E-state index in [-0.39, 0.29) is 18.3 Å². The van der Waals surface area contributed by atoms with Gasteiger partial charge in [0.2, 0.25) is 5.91 Å². The van der Waals surface area contributed by atoms with Crippen LogP contribution in [0.25, 0.3) is 0 Å². The lowest BCUT2D eigenvalue weighted by atomic mass is 10.2. The van der Waals surface area contributed by atoms with Gasteiger partial charge in [0.25, 0.3) is 0 Å². The Balaban J connectivity index is 1.60. The number of ether oxygens (including phenoxy) is 2. The first-order chi connectivity index (χ1) is 14.9. The minimum atomic E-state index is -0.0976. The summed E-state index contributed by atoms with van der Waals surface area (Å²) in [6.45, 7) is 6.91. The highest BCUT2D eigenvalue weighted by molar-refractivity contribution is 9.10. The van der Waals surface area contributed by atoms with Gasteiger partial charge in [-0.2, -0.15) is 0 Å². The van der Waals surface area contributed by atoms with Gasteiger partial charge in [0, 0.05) is 16.7 Å². The van der Waals surface area contributed by atoms with Crippen LogP contribution in [-0.4, -0.2) is 33.5 Å². The van der Waals surface area contributed by atoms with Crippen molar-refractivity contribution in [1.29, 1.82) is 0 Å². The van der Waals surface area contributed by atoms with E-state index in [4.69, 9.17) is 9.47 Å². The summed E-state index contributed by atoms with van der Waals surface area (Å²) in [5, 5.41) is 12.1. The lowest BCUT2D eigenvalue weighted by Crippen LogP contribution is -2.15. The van der Waals surface area contributed by atoms with Gasteiger partial charge in [0.05, 0.1) is 12.9 Å². The molecule has 0 aliphatic heterocycles. The van der Waals surface area contributed by atoms with Crippen LogP contribution in [0.3, 0.4) is 0 Å². The third-order valence-corrected chi connectivity index (χ3v) is 6.42. The van der Waals surface area contributed by atoms with Crippen LogP contribution in [0.4, 0.5) is 5.69 Å². The zero-order valence-corrected chi connectivity index (χ0v) is 20.3. The molecule has 0 unspecified atom stereocenters. The van der Waals surface area contributed by atoms with E-state index in [9.17, 15) is 4.79 Å². The number of carbonyl (C=O) groups is 1. The summed E-state index contributed by atoms with van der Waals surface area (Å²) in [7, 11) is 1.62. The summed E-state index contributed by atoms with van der Waals surface area (Å²) in [5.74, 6) is 2.16. The average Bonchev–Trinajstić information content (AvgIpc) is 3.15. The molecule has 1 amide bonds. The molecule has 7 nitrogen and oxygen atoms in total. The van der Waals surface area contributed by atoms with Gasteiger partial charge in [-0.1, -0.05) is 33.8 Å². The van der Waals surface area contributed by atoms with E-state index in [1.165, 1.54) is 11.8 Å². The SMILES string of the molecule is CCn1c(COc2ccc(C)cc2OC)nnc1SCC(=O)Nc1ccc(Br)c(C)c1. The zero-order chi connectivity index (χ0) is 22.4. The number of amides is 1. The fraction of sp³-hybridized carbons (Fsp3) is 0.318. The second-order valence-electron chi connectivity index (χ2n) is 6.89. The third-order valence-electron chi connectivity index (χ3n) is 4.56. The molecular formula is C22H25BrN4O3S. The largest absolute Gasteiger partial charge is 0.493 e. The van der Waals surface area contributed by atoms with Crippen LogP contribution in [0, 0.1) is 13.8 Å². The molecule has 0 spiro atoms. The second-order valence-corrected chi connectivity index (χ2v) is 8.68. The summed E-state index contributed by atoms with van der Waals surface area (Å²) in [4.78, 5) is 12.4. The molecule has 0 fully saturated rings. The molecular weight excluding hydrogens is 480 g/mol. The summed E-state index contributed by atoms with van der Waals surface area (Å²) >= 11 is 4.81. The first-order valence-corrected chi connectivity index (χ1v) is 11.6. The van der Waals surface area contributed by atoms with Gasteiger partial charge in [-0.05, 0) is 62.2 Å². The maximum Gasteiger partial charge on any atom is 0.234 e. The van der Waals surface area contributed by atoms with Crippen molar-refractivity contribution in [3.63, 3.8) is 0 Å². The predicted octanol–water partition coefficient (Wildman–Crippen LogP) is 5.00. The van der Waals surface area contributed by atoms with Gasteiger partial charge in [0.1, 0.15) is 6.61 Å². The lowest BCUT2D eigenvalue weighted by Gasteiger charge is -2.12. The molecule has 3 rings (SSSR count). The van der Waals surface area contributed by atoms with Gasteiger partial charge in [-0.3, -0.25) is 4.79 Å². The standard InChI is InChI=1S/C22H25BrN4O3S/c1-5-27-20(12-30-18-9-6-14(2)10-19(18)29-4)25-26-22(27)31-13-21(28)24-16-7-8-17(23)15(3)11-16/h6-11H,5,12-13H2,1-4H3,(H,24,28). The minimum Gasteiger partial charge on any atom is -0.493 e. The van der Waals surface area contributed by atoms with Crippen LogP contribution in [0.15, 0.2) is 46.0 Å². The number of nitrogens with one attached hydrogen (secondary N) is 1. The smallest absolute Gasteiger partial charge is 0.234 e. The Hall–Kier alpha value is -2.52. The van der Waals surface area contributed by atoms with Crippen molar-refractivity contribution in [3.05, 3.63) is 57.8 Å². The number of aromatic nitrogens is 3. The molecule has 0 aliphatic carbocycles. The van der Waals surface area contributed by atoms with Crippen LogP contribution in [0.2, 0.25) is 0 Å². The number of nitrogens with zero attached hydrogens (tertiary/aromatic N) is 3. The van der Waals surface area contributed by atoms with Gasteiger partial charge >= 0.3 is 0 Å². The van der Waals surface area contributed by atoms with E-state index in [2.05, 4.69) is 31.4 Å². The molecule has 0 bridgehead atoms. The second kappa shape index (κ2) is 10.7. The quantitative estimate of drug-likeness (QED) is 0.413. The number of thioether (sulfide) groups is 1. The Kier molecular flexibility index (Phi) is 7.97. The van der Waals surface area contributed by atoms with Crippen LogP contribution in [0.1, 0.15) is 23.9 Å². The van der Waals surface area contributed by atoms with Crippen LogP contribution < -0.4 is 14.8 Å². The monoisotopic (exact) mass is 504 g/mol. The molecule has 0 radical (unpaired) electrons. The van der Waals surface area contributed by atoms with E-state index in [0.717, 1.165) is 21.3 Å². The molecule has 0 saturated carbocycles. The summed E-state index contributed by atoms with van der Waals surface area (Å²) in [6.07, 6.45) is 0. The van der Waals surface area contributed by atoms with Crippen molar-refractivity contribution < 1.29 is 14.3 Å². The Morgan fingerprint density at radius 1 is 1.16 bits per heavy atom. The normalized spacial score (nSPS) is 10.7. The van der Waals surface area contributed by atoms with E-state index in [0.29, 0.717) is 29.0 Å². The van der Waals surface area contributed by atoms with Crippen molar-refractivity contribution >= 4 is 39.3 Å². The minimum absolute atomic E-state index is 0.0976. The first kappa shape index (κ1) is 23.1. The van der Waals surface area contributed by atoms with Crippen molar-refractivity contribution in [2.24, 2.45) is 0 Å². The number of anilines is 1. The maximum atomic E-state index is 12.4. The molecule has 1 heterocycles. The van der Waals surface area contributed by atoms with Gasteiger partial charge < -0.3 is 19.4 Å². The zero-order valence-electron chi connectivity index (χ0n) is 17.9. The number of hydrogen-bond donors (Lipinski definition) is 1. The van der Waals surface area contributed by atoms with Crippen molar-refractivity contribution in [1.82, 2.24) is 14.8 Å². The highest BCUT2D eigenvalue weighted by Gasteiger charge is 2.15. The van der Waals surface area contributed by atoms with E-state index in [1.807, 2.05) is 61.7 Å². The highest BCUT2D eigenvalue weighted by atomic mass is 79.9. The Morgan fingerprint density at radius 3 is 2.68 bits per heavy atom. The summed E-state index contributed by atoms with van der Waals surface area (Å²) in [6, 6.07) is 11.5. The lowest BCUT2D eigenvalue weighted by molar-refractivity contribution is -0.113.